The van der Waals surface area contributed by atoms with Crippen LogP contribution in [-0.4, -0.2) is 35.0 Å². The molecule has 4 N–H and O–H groups in total. The van der Waals surface area contributed by atoms with E-state index in [1.807, 2.05) is 0 Å². The van der Waals surface area contributed by atoms with Gasteiger partial charge in [0.1, 0.15) is 11.6 Å². The fraction of sp³-hybridized carbons (Fsp3) is 0.286. The largest absolute Gasteiger partial charge is 0.480 e. The molecule has 1 saturated heterocycles. The number of carboxylic acids is 1. The summed E-state index contributed by atoms with van der Waals surface area (Å²) in [5.41, 5.74) is -0.654. The zero-order chi connectivity index (χ0) is 16.5. The number of carbonyl (C=O) groups is 4. The Morgan fingerprint density at radius 3 is 2.55 bits per heavy atom. The van der Waals surface area contributed by atoms with Gasteiger partial charge in [-0.25, -0.2) is 4.79 Å². The molecule has 1 aliphatic heterocycles. The van der Waals surface area contributed by atoms with Crippen LogP contribution in [0.2, 0.25) is 0 Å². The van der Waals surface area contributed by atoms with Gasteiger partial charge in [0.05, 0.1) is 0 Å². The zero-order valence-electron chi connectivity index (χ0n) is 12.0. The van der Waals surface area contributed by atoms with Crippen molar-refractivity contribution in [2.24, 2.45) is 0 Å². The van der Waals surface area contributed by atoms with Crippen molar-refractivity contribution in [3.8, 4) is 0 Å². The second kappa shape index (κ2) is 5.47. The molecular formula is C14H15N3O5. The van der Waals surface area contributed by atoms with Gasteiger partial charge in [-0.15, -0.1) is 0 Å². The molecule has 0 saturated carbocycles. The summed E-state index contributed by atoms with van der Waals surface area (Å²) in [4.78, 5) is 45.9. The number of carboxylic acid groups (broad SMARTS) is 1. The molecule has 1 aromatic carbocycles. The van der Waals surface area contributed by atoms with Crippen LogP contribution >= 0.6 is 0 Å². The molecule has 1 aliphatic rings. The minimum Gasteiger partial charge on any atom is -0.480 e. The monoisotopic (exact) mass is 305 g/mol. The number of carbonyl (C=O) groups excluding carboxylic acids is 3. The van der Waals surface area contributed by atoms with Crippen molar-refractivity contribution in [2.75, 3.05) is 0 Å². The number of imide groups is 1. The number of urea groups is 1. The van der Waals surface area contributed by atoms with E-state index in [2.05, 4.69) is 16.0 Å². The number of rotatable bonds is 4. The second-order valence-corrected chi connectivity index (χ2v) is 5.15. The molecule has 0 radical (unpaired) electrons. The highest BCUT2D eigenvalue weighted by Gasteiger charge is 2.43. The van der Waals surface area contributed by atoms with Crippen LogP contribution in [-0.2, 0) is 15.1 Å². The molecule has 8 heteroatoms. The van der Waals surface area contributed by atoms with E-state index in [1.165, 1.54) is 26.0 Å². The molecule has 0 spiro atoms. The topological polar surface area (TPSA) is 125 Å². The number of benzene rings is 1. The first kappa shape index (κ1) is 15.5. The highest BCUT2D eigenvalue weighted by Crippen LogP contribution is 2.25. The highest BCUT2D eigenvalue weighted by molar-refractivity contribution is 6.07. The molecule has 8 nitrogen and oxygen atoms in total. The number of amides is 4. The smallest absolute Gasteiger partial charge is 0.325 e. The van der Waals surface area contributed by atoms with E-state index in [-0.39, 0.29) is 5.56 Å². The van der Waals surface area contributed by atoms with Gasteiger partial charge in [0.25, 0.3) is 11.8 Å². The van der Waals surface area contributed by atoms with Crippen molar-refractivity contribution < 1.29 is 24.3 Å². The molecule has 22 heavy (non-hydrogen) atoms. The normalized spacial score (nSPS) is 21.7. The van der Waals surface area contributed by atoms with Gasteiger partial charge in [0.2, 0.25) is 0 Å². The molecule has 0 bridgehead atoms. The molecule has 1 aromatic rings. The third kappa shape index (κ3) is 2.76. The molecule has 2 atom stereocenters. The average molecular weight is 305 g/mol. The Hall–Kier alpha value is -2.90. The van der Waals surface area contributed by atoms with Crippen molar-refractivity contribution in [2.45, 2.75) is 25.4 Å². The number of hydrogen-bond acceptors (Lipinski definition) is 4. The van der Waals surface area contributed by atoms with E-state index in [1.54, 1.807) is 12.1 Å². The Balaban J connectivity index is 2.27. The summed E-state index contributed by atoms with van der Waals surface area (Å²) < 4.78 is 0. The lowest BCUT2D eigenvalue weighted by atomic mass is 9.91. The fourth-order valence-corrected chi connectivity index (χ4v) is 2.06. The lowest BCUT2D eigenvalue weighted by molar-refractivity contribution is -0.138. The summed E-state index contributed by atoms with van der Waals surface area (Å²) in [6.07, 6.45) is 0. The molecular weight excluding hydrogens is 290 g/mol. The summed E-state index contributed by atoms with van der Waals surface area (Å²) >= 11 is 0. The first-order chi connectivity index (χ1) is 10.2. The first-order valence-electron chi connectivity index (χ1n) is 6.52. The van der Waals surface area contributed by atoms with Crippen molar-refractivity contribution >= 4 is 23.8 Å². The first-order valence-corrected chi connectivity index (χ1v) is 6.52. The van der Waals surface area contributed by atoms with Gasteiger partial charge < -0.3 is 15.7 Å². The lowest BCUT2D eigenvalue weighted by Gasteiger charge is -2.21. The van der Waals surface area contributed by atoms with Crippen LogP contribution in [0, 0.1) is 0 Å². The predicted octanol–water partition coefficient (Wildman–Crippen LogP) is -0.0559. The third-order valence-electron chi connectivity index (χ3n) is 3.46. The summed E-state index contributed by atoms with van der Waals surface area (Å²) in [5, 5.41) is 15.7. The molecule has 1 heterocycles. The van der Waals surface area contributed by atoms with E-state index < -0.39 is 35.4 Å². The molecule has 116 valence electrons. The van der Waals surface area contributed by atoms with Crippen LogP contribution in [0.5, 0.6) is 0 Å². The van der Waals surface area contributed by atoms with Crippen molar-refractivity contribution in [3.63, 3.8) is 0 Å². The molecule has 2 rings (SSSR count). The van der Waals surface area contributed by atoms with Crippen molar-refractivity contribution in [3.05, 3.63) is 35.4 Å². The Labute approximate surface area is 125 Å². The van der Waals surface area contributed by atoms with Gasteiger partial charge in [-0.2, -0.15) is 0 Å². The van der Waals surface area contributed by atoms with Crippen LogP contribution in [0.15, 0.2) is 24.3 Å². The maximum absolute atomic E-state index is 12.0. The summed E-state index contributed by atoms with van der Waals surface area (Å²) in [7, 11) is 0. The lowest BCUT2D eigenvalue weighted by Crippen LogP contribution is -2.41. The van der Waals surface area contributed by atoms with E-state index in [9.17, 15) is 19.2 Å². The van der Waals surface area contributed by atoms with Gasteiger partial charge in [-0.05, 0) is 31.5 Å². The van der Waals surface area contributed by atoms with E-state index in [0.717, 1.165) is 0 Å². The van der Waals surface area contributed by atoms with Crippen LogP contribution < -0.4 is 16.0 Å². The van der Waals surface area contributed by atoms with Gasteiger partial charge in [0, 0.05) is 5.56 Å². The summed E-state index contributed by atoms with van der Waals surface area (Å²) in [6, 6.07) is 4.44. The van der Waals surface area contributed by atoms with Crippen LogP contribution in [0.3, 0.4) is 0 Å². The summed E-state index contributed by atoms with van der Waals surface area (Å²) in [5.74, 6) is -2.25. The minimum absolute atomic E-state index is 0.195. The molecule has 0 aromatic heterocycles. The second-order valence-electron chi connectivity index (χ2n) is 5.15. The Bertz CT molecular complexity index is 672. The number of nitrogens with one attached hydrogen (secondary N) is 3. The summed E-state index contributed by atoms with van der Waals surface area (Å²) in [6.45, 7) is 2.86. The minimum atomic E-state index is -1.27. The standard InChI is InChI=1S/C14H15N3O5/c1-7(11(19)20)15-10(18)8-4-3-5-9(6-8)14(2)12(21)16-13(22)17-14/h3-7H,1-2H3,(H,15,18)(H,19,20)(H2,16,17,21,22)/t7-,14?/m1/s1. The maximum atomic E-state index is 12.0. The third-order valence-corrected chi connectivity index (χ3v) is 3.46. The zero-order valence-corrected chi connectivity index (χ0v) is 12.0. The Morgan fingerprint density at radius 2 is 2.00 bits per heavy atom. The van der Waals surface area contributed by atoms with Crippen molar-refractivity contribution in [1.82, 2.24) is 16.0 Å². The van der Waals surface area contributed by atoms with E-state index in [0.29, 0.717) is 5.56 Å². The van der Waals surface area contributed by atoms with Gasteiger partial charge >= 0.3 is 12.0 Å². The van der Waals surface area contributed by atoms with E-state index in [4.69, 9.17) is 5.11 Å². The predicted molar refractivity (Wildman–Crippen MR) is 75.0 cm³/mol. The Kier molecular flexibility index (Phi) is 3.85. The highest BCUT2D eigenvalue weighted by atomic mass is 16.4. The van der Waals surface area contributed by atoms with Crippen LogP contribution in [0.1, 0.15) is 29.8 Å². The number of aliphatic carboxylic acids is 1. The van der Waals surface area contributed by atoms with Crippen LogP contribution in [0.4, 0.5) is 4.79 Å². The van der Waals surface area contributed by atoms with Gasteiger partial charge in [0.15, 0.2) is 0 Å². The number of hydrogen-bond donors (Lipinski definition) is 4. The van der Waals surface area contributed by atoms with Gasteiger partial charge in [-0.1, -0.05) is 12.1 Å². The molecule has 4 amide bonds. The van der Waals surface area contributed by atoms with Crippen LogP contribution in [0.25, 0.3) is 0 Å². The molecule has 1 unspecified atom stereocenters. The van der Waals surface area contributed by atoms with E-state index >= 15 is 0 Å². The SMILES string of the molecule is C[C@@H](NC(=O)c1cccc(C2(C)NC(=O)NC2=O)c1)C(=O)O. The quantitative estimate of drug-likeness (QED) is 0.580. The Morgan fingerprint density at radius 1 is 1.32 bits per heavy atom. The van der Waals surface area contributed by atoms with Crippen molar-refractivity contribution in [1.29, 1.82) is 0 Å². The maximum Gasteiger partial charge on any atom is 0.325 e. The molecule has 1 fully saturated rings. The molecule has 0 aliphatic carbocycles. The van der Waals surface area contributed by atoms with Gasteiger partial charge in [-0.3, -0.25) is 19.7 Å². The fourth-order valence-electron chi connectivity index (χ4n) is 2.06. The average Bonchev–Trinajstić information content (AvgIpc) is 2.72.